The molecule has 1 saturated heterocycles. The van der Waals surface area contributed by atoms with Gasteiger partial charge in [-0.3, -0.25) is 9.89 Å². The molecule has 9 heteroatoms. The lowest BCUT2D eigenvalue weighted by Crippen LogP contribution is -2.38. The monoisotopic (exact) mass is 364 g/mol. The predicted molar refractivity (Wildman–Crippen MR) is 95.3 cm³/mol. The van der Waals surface area contributed by atoms with Crippen LogP contribution in [-0.4, -0.2) is 61.3 Å². The van der Waals surface area contributed by atoms with Gasteiger partial charge in [0.25, 0.3) is 0 Å². The van der Waals surface area contributed by atoms with Gasteiger partial charge in [-0.05, 0) is 24.3 Å². The summed E-state index contributed by atoms with van der Waals surface area (Å²) < 4.78 is 5.28. The number of aliphatic imine (C=N–C) groups is 1. The van der Waals surface area contributed by atoms with Gasteiger partial charge in [0.05, 0.1) is 25.3 Å². The summed E-state index contributed by atoms with van der Waals surface area (Å²) in [5.74, 6) is -0.625. The van der Waals surface area contributed by atoms with E-state index < -0.39 is 5.97 Å². The number of guanidine groups is 1. The molecule has 0 aromatic heterocycles. The van der Waals surface area contributed by atoms with Crippen molar-refractivity contribution in [2.24, 2.45) is 10.7 Å². The number of morpholine rings is 1. The normalized spacial score (nSPS) is 15.2. The maximum Gasteiger partial charge on any atom is 0.335 e. The average molecular weight is 365 g/mol. The van der Waals surface area contributed by atoms with E-state index in [0.29, 0.717) is 18.2 Å². The maximum absolute atomic E-state index is 10.7. The van der Waals surface area contributed by atoms with Crippen molar-refractivity contribution in [1.82, 2.24) is 4.90 Å². The fraction of sp³-hybridized carbons (Fsp3) is 0.429. The highest BCUT2D eigenvalue weighted by Gasteiger charge is 2.09. The van der Waals surface area contributed by atoms with Crippen molar-refractivity contribution in [2.75, 3.05) is 44.7 Å². The maximum atomic E-state index is 10.7. The van der Waals surface area contributed by atoms with Crippen LogP contribution < -0.4 is 11.1 Å². The smallest absolute Gasteiger partial charge is 0.335 e. The number of ether oxygens (including phenoxy) is 1. The van der Waals surface area contributed by atoms with Crippen molar-refractivity contribution in [3.63, 3.8) is 0 Å². The number of rotatable bonds is 5. The third kappa shape index (κ3) is 7.51. The summed E-state index contributed by atoms with van der Waals surface area (Å²) in [6.07, 6.45) is 0. The molecule has 0 bridgehead atoms. The van der Waals surface area contributed by atoms with Crippen molar-refractivity contribution in [1.29, 1.82) is 0 Å². The van der Waals surface area contributed by atoms with Crippen LogP contribution in [-0.2, 0) is 4.74 Å². The van der Waals surface area contributed by atoms with Gasteiger partial charge in [-0.2, -0.15) is 0 Å². The number of nitrogens with zero attached hydrogens (tertiary/aromatic N) is 2. The summed E-state index contributed by atoms with van der Waals surface area (Å²) in [7, 11) is 0. The number of anilines is 1. The summed E-state index contributed by atoms with van der Waals surface area (Å²) in [4.78, 5) is 17.3. The summed E-state index contributed by atoms with van der Waals surface area (Å²) in [5.41, 5.74) is 6.75. The molecule has 23 heavy (non-hydrogen) atoms. The standard InChI is InChI=1S/C14H20N4O3.2ClH/c15-14(16-5-6-18-7-9-21-10-8-18)17-12-3-1-11(2-4-12)13(19)20;;/h1-4H,5-10H2,(H,19,20)(H3,15,16,17);2*1H. The molecule has 4 N–H and O–H groups in total. The van der Waals surface area contributed by atoms with Gasteiger partial charge in [0.2, 0.25) is 0 Å². The van der Waals surface area contributed by atoms with E-state index in [9.17, 15) is 4.79 Å². The number of nitrogens with two attached hydrogens (primary N) is 1. The van der Waals surface area contributed by atoms with Crippen LogP contribution in [0, 0.1) is 0 Å². The third-order valence-corrected chi connectivity index (χ3v) is 3.21. The number of aromatic carboxylic acids is 1. The topological polar surface area (TPSA) is 100 Å². The van der Waals surface area contributed by atoms with Crippen molar-refractivity contribution in [3.05, 3.63) is 29.8 Å². The Balaban J connectivity index is 0.00000242. The molecule has 0 spiro atoms. The minimum Gasteiger partial charge on any atom is -0.478 e. The Hall–Kier alpha value is -1.54. The molecule has 1 aromatic rings. The SMILES string of the molecule is Cl.Cl.NC(=NCCN1CCOCC1)Nc1ccc(C(=O)O)cc1. The molecule has 1 heterocycles. The Kier molecular flexibility index (Phi) is 10.3. The fourth-order valence-corrected chi connectivity index (χ4v) is 2.02. The van der Waals surface area contributed by atoms with Gasteiger partial charge >= 0.3 is 5.97 Å². The van der Waals surface area contributed by atoms with Crippen LogP contribution in [0.15, 0.2) is 29.3 Å². The van der Waals surface area contributed by atoms with Gasteiger partial charge in [0.1, 0.15) is 0 Å². The number of nitrogens with one attached hydrogen (secondary N) is 1. The molecule has 0 radical (unpaired) electrons. The van der Waals surface area contributed by atoms with Gasteiger partial charge in [-0.1, -0.05) is 0 Å². The Morgan fingerprint density at radius 3 is 2.43 bits per heavy atom. The minimum atomic E-state index is -0.950. The lowest BCUT2D eigenvalue weighted by atomic mass is 10.2. The van der Waals surface area contributed by atoms with Crippen LogP contribution in [0.4, 0.5) is 5.69 Å². The zero-order chi connectivity index (χ0) is 15.1. The second-order valence-electron chi connectivity index (χ2n) is 4.73. The molecule has 1 aromatic carbocycles. The van der Waals surface area contributed by atoms with E-state index in [1.807, 2.05) is 0 Å². The minimum absolute atomic E-state index is 0. The summed E-state index contributed by atoms with van der Waals surface area (Å²) in [6, 6.07) is 6.36. The van der Waals surface area contributed by atoms with Crippen LogP contribution >= 0.6 is 24.8 Å². The van der Waals surface area contributed by atoms with Crippen LogP contribution in [0.2, 0.25) is 0 Å². The van der Waals surface area contributed by atoms with Gasteiger partial charge in [-0.15, -0.1) is 24.8 Å². The van der Waals surface area contributed by atoms with Gasteiger partial charge in [-0.25, -0.2) is 4.79 Å². The fourth-order valence-electron chi connectivity index (χ4n) is 2.02. The molecule has 0 amide bonds. The van der Waals surface area contributed by atoms with E-state index in [1.165, 1.54) is 12.1 Å². The Labute approximate surface area is 147 Å². The second-order valence-corrected chi connectivity index (χ2v) is 4.73. The van der Waals surface area contributed by atoms with Gasteiger partial charge in [0.15, 0.2) is 5.96 Å². The third-order valence-electron chi connectivity index (χ3n) is 3.21. The lowest BCUT2D eigenvalue weighted by molar-refractivity contribution is 0.0394. The van der Waals surface area contributed by atoms with E-state index in [2.05, 4.69) is 15.2 Å². The van der Waals surface area contributed by atoms with Gasteiger partial charge in [0, 0.05) is 25.3 Å². The highest BCUT2D eigenvalue weighted by atomic mass is 35.5. The number of benzene rings is 1. The van der Waals surface area contributed by atoms with Crippen LogP contribution in [0.25, 0.3) is 0 Å². The second kappa shape index (κ2) is 11.1. The molecule has 0 unspecified atom stereocenters. The first-order valence-corrected chi connectivity index (χ1v) is 6.85. The van der Waals surface area contributed by atoms with Crippen LogP contribution in [0.5, 0.6) is 0 Å². The van der Waals surface area contributed by atoms with E-state index in [0.717, 1.165) is 32.8 Å². The van der Waals surface area contributed by atoms with Crippen molar-refractivity contribution in [3.8, 4) is 0 Å². The number of carbonyl (C=O) groups is 1. The van der Waals surface area contributed by atoms with Gasteiger partial charge < -0.3 is 20.9 Å². The molecule has 1 fully saturated rings. The van der Waals surface area contributed by atoms with E-state index >= 15 is 0 Å². The molecule has 1 aliphatic rings. The van der Waals surface area contributed by atoms with Crippen molar-refractivity contribution >= 4 is 42.4 Å². The van der Waals surface area contributed by atoms with Crippen LogP contribution in [0.1, 0.15) is 10.4 Å². The number of halogens is 2. The molecule has 2 rings (SSSR count). The molecular formula is C14H22Cl2N4O3. The first kappa shape index (κ1) is 21.5. The summed E-state index contributed by atoms with van der Waals surface area (Å²) >= 11 is 0. The highest BCUT2D eigenvalue weighted by Crippen LogP contribution is 2.09. The molecule has 130 valence electrons. The number of carboxylic acids is 1. The molecule has 0 atom stereocenters. The zero-order valence-corrected chi connectivity index (χ0v) is 14.2. The first-order valence-electron chi connectivity index (χ1n) is 6.85. The molecular weight excluding hydrogens is 343 g/mol. The number of hydrogen-bond acceptors (Lipinski definition) is 4. The highest BCUT2D eigenvalue weighted by molar-refractivity contribution is 5.93. The predicted octanol–water partition coefficient (Wildman–Crippen LogP) is 1.29. The van der Waals surface area contributed by atoms with Crippen molar-refractivity contribution in [2.45, 2.75) is 0 Å². The summed E-state index contributed by atoms with van der Waals surface area (Å²) in [6.45, 7) is 4.87. The van der Waals surface area contributed by atoms with Crippen LogP contribution in [0.3, 0.4) is 0 Å². The van der Waals surface area contributed by atoms with E-state index in [-0.39, 0.29) is 30.4 Å². The van der Waals surface area contributed by atoms with Crippen molar-refractivity contribution < 1.29 is 14.6 Å². The zero-order valence-electron chi connectivity index (χ0n) is 12.6. The molecule has 0 aliphatic carbocycles. The number of carboxylic acid groups (broad SMARTS) is 1. The number of hydrogen-bond donors (Lipinski definition) is 3. The van der Waals surface area contributed by atoms with E-state index in [4.69, 9.17) is 15.6 Å². The Morgan fingerprint density at radius 1 is 1.26 bits per heavy atom. The largest absolute Gasteiger partial charge is 0.478 e. The lowest BCUT2D eigenvalue weighted by Gasteiger charge is -2.25. The first-order chi connectivity index (χ1) is 10.1. The molecule has 0 saturated carbocycles. The summed E-state index contributed by atoms with van der Waals surface area (Å²) in [5, 5.41) is 11.8. The average Bonchev–Trinajstić information content (AvgIpc) is 2.49. The van der Waals surface area contributed by atoms with E-state index in [1.54, 1.807) is 12.1 Å². The molecule has 7 nitrogen and oxygen atoms in total. The quantitative estimate of drug-likeness (QED) is 0.537. The molecule has 1 aliphatic heterocycles. The Morgan fingerprint density at radius 2 is 1.87 bits per heavy atom. The Bertz CT molecular complexity index is 505.